The minimum Gasteiger partial charge on any atom is -0.454 e. The number of halogens is 1. The van der Waals surface area contributed by atoms with Crippen molar-refractivity contribution >= 4 is 23.2 Å². The zero-order chi connectivity index (χ0) is 24.4. The van der Waals surface area contributed by atoms with E-state index in [0.29, 0.717) is 49.8 Å². The normalized spacial score (nSPS) is 16.2. The zero-order valence-electron chi connectivity index (χ0n) is 19.3. The molecule has 182 valence electrons. The Kier molecular flexibility index (Phi) is 6.61. The largest absolute Gasteiger partial charge is 0.454 e. The van der Waals surface area contributed by atoms with Crippen LogP contribution in [0.5, 0.6) is 11.5 Å². The fourth-order valence-electron chi connectivity index (χ4n) is 4.30. The maximum absolute atomic E-state index is 12.8. The third-order valence-corrected chi connectivity index (χ3v) is 6.61. The van der Waals surface area contributed by atoms with E-state index < -0.39 is 0 Å². The highest BCUT2D eigenvalue weighted by Crippen LogP contribution is 2.34. The van der Waals surface area contributed by atoms with E-state index in [2.05, 4.69) is 15.3 Å². The molecular weight excluding hydrogens is 470 g/mol. The SMILES string of the molecule is C[C@@H](NC(=O)CN1CCN(c2cnn(-c3ccccc3)c(=O)c2Cl)CC1)c1ccc2c(c1)OCO2. The second kappa shape index (κ2) is 9.97. The Labute approximate surface area is 207 Å². The van der Waals surface area contributed by atoms with Crippen LogP contribution in [0.3, 0.4) is 0 Å². The number of rotatable bonds is 6. The number of carbonyl (C=O) groups excluding carboxylic acids is 1. The lowest BCUT2D eigenvalue weighted by Crippen LogP contribution is -2.50. The summed E-state index contributed by atoms with van der Waals surface area (Å²) in [6.07, 6.45) is 1.63. The van der Waals surface area contributed by atoms with Crippen molar-refractivity contribution < 1.29 is 14.3 Å². The van der Waals surface area contributed by atoms with Crippen LogP contribution in [0.15, 0.2) is 59.5 Å². The van der Waals surface area contributed by atoms with E-state index in [-0.39, 0.29) is 29.3 Å². The molecule has 2 aromatic carbocycles. The van der Waals surface area contributed by atoms with Gasteiger partial charge in [-0.2, -0.15) is 9.78 Å². The number of fused-ring (bicyclic) bond motifs is 1. The number of ether oxygens (including phenoxy) is 2. The minimum atomic E-state index is -0.352. The van der Waals surface area contributed by atoms with Crippen molar-refractivity contribution in [3.8, 4) is 17.2 Å². The van der Waals surface area contributed by atoms with Crippen LogP contribution in [-0.4, -0.2) is 60.1 Å². The first kappa shape index (κ1) is 23.2. The molecule has 0 bridgehead atoms. The molecule has 1 amide bonds. The van der Waals surface area contributed by atoms with Gasteiger partial charge in [-0.25, -0.2) is 0 Å². The van der Waals surface area contributed by atoms with E-state index in [1.807, 2.05) is 60.4 Å². The number of para-hydroxylation sites is 1. The summed E-state index contributed by atoms with van der Waals surface area (Å²) in [7, 11) is 0. The van der Waals surface area contributed by atoms with E-state index in [9.17, 15) is 9.59 Å². The quantitative estimate of drug-likeness (QED) is 0.562. The number of nitrogens with one attached hydrogen (secondary N) is 1. The second-order valence-electron chi connectivity index (χ2n) is 8.56. The summed E-state index contributed by atoms with van der Waals surface area (Å²) < 4.78 is 12.1. The average Bonchev–Trinajstić information content (AvgIpc) is 3.35. The standard InChI is InChI=1S/C25H26ClN5O4/c1-17(18-7-8-21-22(13-18)35-16-34-21)28-23(32)15-29-9-11-30(12-10-29)20-14-27-31(25(33)24(20)26)19-5-3-2-4-6-19/h2-8,13-14,17H,9-12,15-16H2,1H3,(H,28,32)/t17-/m1/s1. The molecule has 1 atom stereocenters. The maximum atomic E-state index is 12.8. The minimum absolute atomic E-state index is 0.0474. The Morgan fingerprint density at radius 1 is 1.09 bits per heavy atom. The van der Waals surface area contributed by atoms with Gasteiger partial charge in [0.2, 0.25) is 12.7 Å². The van der Waals surface area contributed by atoms with Crippen molar-refractivity contribution in [3.63, 3.8) is 0 Å². The number of hydrogen-bond donors (Lipinski definition) is 1. The lowest BCUT2D eigenvalue weighted by atomic mass is 10.1. The summed E-state index contributed by atoms with van der Waals surface area (Å²) >= 11 is 6.44. The highest BCUT2D eigenvalue weighted by molar-refractivity contribution is 6.33. The fraction of sp³-hybridized carbons (Fsp3) is 0.320. The summed E-state index contributed by atoms with van der Waals surface area (Å²) in [6, 6.07) is 14.7. The molecule has 0 radical (unpaired) electrons. The molecule has 9 nitrogen and oxygen atoms in total. The fourth-order valence-corrected chi connectivity index (χ4v) is 4.55. The summed E-state index contributed by atoms with van der Waals surface area (Å²) in [4.78, 5) is 29.6. The summed E-state index contributed by atoms with van der Waals surface area (Å²) in [5, 5.41) is 7.51. The molecule has 1 fully saturated rings. The maximum Gasteiger partial charge on any atom is 0.292 e. The number of piperazine rings is 1. The molecular formula is C25H26ClN5O4. The molecule has 1 N–H and O–H groups in total. The van der Waals surface area contributed by atoms with Gasteiger partial charge in [0.15, 0.2) is 11.5 Å². The van der Waals surface area contributed by atoms with Crippen LogP contribution in [-0.2, 0) is 4.79 Å². The third kappa shape index (κ3) is 4.96. The van der Waals surface area contributed by atoms with Gasteiger partial charge in [0, 0.05) is 26.2 Å². The molecule has 2 aliphatic rings. The van der Waals surface area contributed by atoms with Gasteiger partial charge in [0.1, 0.15) is 5.02 Å². The Balaban J connectivity index is 1.16. The van der Waals surface area contributed by atoms with Crippen LogP contribution in [0.4, 0.5) is 5.69 Å². The number of aromatic nitrogens is 2. The molecule has 5 rings (SSSR count). The molecule has 1 aromatic heterocycles. The monoisotopic (exact) mass is 495 g/mol. The van der Waals surface area contributed by atoms with Crippen molar-refractivity contribution in [2.75, 3.05) is 44.4 Å². The van der Waals surface area contributed by atoms with Crippen LogP contribution >= 0.6 is 11.6 Å². The van der Waals surface area contributed by atoms with E-state index in [1.54, 1.807) is 6.20 Å². The number of anilines is 1. The first-order valence-corrected chi connectivity index (χ1v) is 11.9. The van der Waals surface area contributed by atoms with Gasteiger partial charge in [-0.1, -0.05) is 35.9 Å². The van der Waals surface area contributed by atoms with Crippen molar-refractivity contribution in [1.82, 2.24) is 20.0 Å². The third-order valence-electron chi connectivity index (χ3n) is 6.26. The van der Waals surface area contributed by atoms with E-state index in [0.717, 1.165) is 11.3 Å². The highest BCUT2D eigenvalue weighted by Gasteiger charge is 2.24. The Morgan fingerprint density at radius 3 is 2.60 bits per heavy atom. The van der Waals surface area contributed by atoms with Crippen LogP contribution in [0.1, 0.15) is 18.5 Å². The first-order chi connectivity index (χ1) is 17.0. The molecule has 2 aliphatic heterocycles. The van der Waals surface area contributed by atoms with E-state index >= 15 is 0 Å². The zero-order valence-corrected chi connectivity index (χ0v) is 20.1. The van der Waals surface area contributed by atoms with Crippen molar-refractivity contribution in [2.45, 2.75) is 13.0 Å². The molecule has 35 heavy (non-hydrogen) atoms. The molecule has 0 aliphatic carbocycles. The number of hydrogen-bond acceptors (Lipinski definition) is 7. The predicted molar refractivity (Wildman–Crippen MR) is 133 cm³/mol. The molecule has 0 unspecified atom stereocenters. The molecule has 3 heterocycles. The van der Waals surface area contributed by atoms with Crippen molar-refractivity contribution in [1.29, 1.82) is 0 Å². The number of benzene rings is 2. The molecule has 0 saturated carbocycles. The average molecular weight is 496 g/mol. The summed E-state index contributed by atoms with van der Waals surface area (Å²) in [5.74, 6) is 1.37. The lowest BCUT2D eigenvalue weighted by molar-refractivity contribution is -0.123. The number of nitrogens with zero attached hydrogens (tertiary/aromatic N) is 4. The molecule has 0 spiro atoms. The Hall–Kier alpha value is -3.56. The predicted octanol–water partition coefficient (Wildman–Crippen LogP) is 2.61. The van der Waals surface area contributed by atoms with E-state index in [1.165, 1.54) is 4.68 Å². The second-order valence-corrected chi connectivity index (χ2v) is 8.94. The van der Waals surface area contributed by atoms with Gasteiger partial charge in [0.05, 0.1) is 30.2 Å². The first-order valence-electron chi connectivity index (χ1n) is 11.5. The topological polar surface area (TPSA) is 88.9 Å². The van der Waals surface area contributed by atoms with Crippen LogP contribution < -0.4 is 25.2 Å². The Bertz CT molecular complexity index is 1270. The molecule has 10 heteroatoms. The summed E-state index contributed by atoms with van der Waals surface area (Å²) in [5.41, 5.74) is 1.88. The summed E-state index contributed by atoms with van der Waals surface area (Å²) in [6.45, 7) is 5.08. The van der Waals surface area contributed by atoms with Gasteiger partial charge >= 0.3 is 0 Å². The van der Waals surface area contributed by atoms with Gasteiger partial charge in [0.25, 0.3) is 5.56 Å². The smallest absolute Gasteiger partial charge is 0.292 e. The lowest BCUT2D eigenvalue weighted by Gasteiger charge is -2.36. The van der Waals surface area contributed by atoms with Gasteiger partial charge in [-0.15, -0.1) is 0 Å². The van der Waals surface area contributed by atoms with Crippen LogP contribution in [0.2, 0.25) is 5.02 Å². The van der Waals surface area contributed by atoms with Crippen LogP contribution in [0, 0.1) is 0 Å². The van der Waals surface area contributed by atoms with Crippen molar-refractivity contribution in [3.05, 3.63) is 75.7 Å². The van der Waals surface area contributed by atoms with Gasteiger partial charge in [-0.3, -0.25) is 14.5 Å². The molecule has 3 aromatic rings. The van der Waals surface area contributed by atoms with Crippen LogP contribution in [0.25, 0.3) is 5.69 Å². The molecule has 1 saturated heterocycles. The van der Waals surface area contributed by atoms with Gasteiger partial charge in [-0.05, 0) is 36.8 Å². The highest BCUT2D eigenvalue weighted by atomic mass is 35.5. The van der Waals surface area contributed by atoms with Crippen molar-refractivity contribution in [2.24, 2.45) is 0 Å². The van der Waals surface area contributed by atoms with E-state index in [4.69, 9.17) is 21.1 Å². The number of amides is 1. The van der Waals surface area contributed by atoms with Gasteiger partial charge < -0.3 is 19.7 Å². The number of carbonyl (C=O) groups is 1. The Morgan fingerprint density at radius 2 is 1.83 bits per heavy atom.